The summed E-state index contributed by atoms with van der Waals surface area (Å²) in [6.07, 6.45) is 1.95. The summed E-state index contributed by atoms with van der Waals surface area (Å²) in [5.74, 6) is 0.921. The van der Waals surface area contributed by atoms with E-state index in [4.69, 9.17) is 14.2 Å². The van der Waals surface area contributed by atoms with Crippen LogP contribution in [0.4, 0.5) is 0 Å². The van der Waals surface area contributed by atoms with Gasteiger partial charge in [-0.3, -0.25) is 4.79 Å². The van der Waals surface area contributed by atoms with Crippen LogP contribution in [0.25, 0.3) is 10.9 Å². The maximum Gasteiger partial charge on any atom is 0.255 e. The molecule has 1 heterocycles. The Balaban J connectivity index is 1.72. The number of methoxy groups -OCH3 is 3. The molecule has 4 rings (SSSR count). The lowest BCUT2D eigenvalue weighted by Gasteiger charge is -2.22. The van der Waals surface area contributed by atoms with Crippen LogP contribution in [-0.2, 0) is 0 Å². The quantitative estimate of drug-likeness (QED) is 0.372. The molecule has 170 valence electrons. The first-order valence-electron chi connectivity index (χ1n) is 10.5. The maximum atomic E-state index is 12.9. The summed E-state index contributed by atoms with van der Waals surface area (Å²) in [7, 11) is 4.69. The van der Waals surface area contributed by atoms with Gasteiger partial charge in [-0.1, -0.05) is 30.3 Å². The minimum absolute atomic E-state index is 0.144. The molecule has 0 bridgehead atoms. The number of carbonyl (C=O) groups is 1. The fourth-order valence-corrected chi connectivity index (χ4v) is 4.08. The Morgan fingerprint density at radius 3 is 2.52 bits per heavy atom. The Morgan fingerprint density at radius 2 is 1.79 bits per heavy atom. The van der Waals surface area contributed by atoms with E-state index in [-0.39, 0.29) is 29.7 Å². The SMILES string of the molecule is COc1ccc(C(=O)NCC(c2cccc(OC)c2OC)c2c[nH]c3ccccc23)c(O)c1. The molecular formula is C26H26N2O5. The van der Waals surface area contributed by atoms with Gasteiger partial charge in [0.25, 0.3) is 5.91 Å². The van der Waals surface area contributed by atoms with Crippen molar-refractivity contribution in [3.05, 3.63) is 83.6 Å². The molecule has 3 aromatic carbocycles. The van der Waals surface area contributed by atoms with E-state index >= 15 is 0 Å². The van der Waals surface area contributed by atoms with Crippen LogP contribution >= 0.6 is 0 Å². The highest BCUT2D eigenvalue weighted by Gasteiger charge is 2.25. The van der Waals surface area contributed by atoms with E-state index in [2.05, 4.69) is 10.3 Å². The average molecular weight is 447 g/mol. The number of rotatable bonds is 8. The van der Waals surface area contributed by atoms with Gasteiger partial charge in [0.15, 0.2) is 11.5 Å². The third kappa shape index (κ3) is 4.30. The molecule has 33 heavy (non-hydrogen) atoms. The normalized spacial score (nSPS) is 11.7. The standard InChI is InChI=1S/C26H26N2O5/c1-31-16-11-12-19(23(29)13-16)26(30)28-15-21(18-8-6-10-24(32-2)25(18)33-3)20-14-27-22-9-5-4-7-17(20)22/h4-14,21,27,29H,15H2,1-3H3,(H,28,30). The average Bonchev–Trinajstić information content (AvgIpc) is 3.27. The molecule has 0 saturated carbocycles. The second-order valence-electron chi connectivity index (χ2n) is 7.52. The first kappa shape index (κ1) is 22.1. The fourth-order valence-electron chi connectivity index (χ4n) is 4.08. The first-order valence-corrected chi connectivity index (χ1v) is 10.5. The number of ether oxygens (including phenoxy) is 3. The van der Waals surface area contributed by atoms with Gasteiger partial charge in [0.2, 0.25) is 0 Å². The van der Waals surface area contributed by atoms with Crippen LogP contribution in [0.1, 0.15) is 27.4 Å². The van der Waals surface area contributed by atoms with Gasteiger partial charge in [-0.15, -0.1) is 0 Å². The van der Waals surface area contributed by atoms with Gasteiger partial charge in [-0.05, 0) is 29.8 Å². The second kappa shape index (κ2) is 9.56. The molecule has 4 aromatic rings. The van der Waals surface area contributed by atoms with Crippen LogP contribution in [-0.4, -0.2) is 43.9 Å². The molecule has 7 nitrogen and oxygen atoms in total. The van der Waals surface area contributed by atoms with Crippen LogP contribution in [0.3, 0.4) is 0 Å². The van der Waals surface area contributed by atoms with Crippen molar-refractivity contribution >= 4 is 16.8 Å². The largest absolute Gasteiger partial charge is 0.507 e. The summed E-state index contributed by atoms with van der Waals surface area (Å²) in [4.78, 5) is 16.2. The number of benzene rings is 3. The van der Waals surface area contributed by atoms with Crippen molar-refractivity contribution in [2.75, 3.05) is 27.9 Å². The van der Waals surface area contributed by atoms with Gasteiger partial charge in [-0.25, -0.2) is 0 Å². The van der Waals surface area contributed by atoms with E-state index in [1.807, 2.05) is 48.7 Å². The monoisotopic (exact) mass is 446 g/mol. The third-order valence-electron chi connectivity index (χ3n) is 5.72. The Kier molecular flexibility index (Phi) is 6.40. The van der Waals surface area contributed by atoms with Crippen molar-refractivity contribution in [2.24, 2.45) is 0 Å². The maximum absolute atomic E-state index is 12.9. The van der Waals surface area contributed by atoms with E-state index in [0.717, 1.165) is 22.0 Å². The zero-order valence-corrected chi connectivity index (χ0v) is 18.7. The van der Waals surface area contributed by atoms with Crippen molar-refractivity contribution in [3.8, 4) is 23.0 Å². The zero-order valence-electron chi connectivity index (χ0n) is 18.7. The number of carbonyl (C=O) groups excluding carboxylic acids is 1. The Bertz CT molecular complexity index is 1280. The molecule has 0 aliphatic rings. The summed E-state index contributed by atoms with van der Waals surface area (Å²) in [5, 5.41) is 14.3. The molecule has 0 fully saturated rings. The highest BCUT2D eigenvalue weighted by Crippen LogP contribution is 2.40. The summed E-state index contributed by atoms with van der Waals surface area (Å²) in [5.41, 5.74) is 3.06. The number of amides is 1. The number of aromatic nitrogens is 1. The predicted molar refractivity (Wildman–Crippen MR) is 127 cm³/mol. The molecule has 0 aliphatic carbocycles. The van der Waals surface area contributed by atoms with Crippen molar-refractivity contribution in [1.29, 1.82) is 0 Å². The number of aromatic amines is 1. The summed E-state index contributed by atoms with van der Waals surface area (Å²) < 4.78 is 16.3. The van der Waals surface area contributed by atoms with E-state index in [1.165, 1.54) is 19.2 Å². The van der Waals surface area contributed by atoms with Gasteiger partial charge >= 0.3 is 0 Å². The van der Waals surface area contributed by atoms with Crippen LogP contribution in [0.15, 0.2) is 66.9 Å². The third-order valence-corrected chi connectivity index (χ3v) is 5.72. The van der Waals surface area contributed by atoms with Gasteiger partial charge in [-0.2, -0.15) is 0 Å². The lowest BCUT2D eigenvalue weighted by Crippen LogP contribution is -2.29. The van der Waals surface area contributed by atoms with E-state index < -0.39 is 0 Å². The Hall–Kier alpha value is -4.13. The van der Waals surface area contributed by atoms with Gasteiger partial charge in [0.05, 0.1) is 26.9 Å². The first-order chi connectivity index (χ1) is 16.1. The fraction of sp³-hybridized carbons (Fsp3) is 0.192. The summed E-state index contributed by atoms with van der Waals surface area (Å²) in [6, 6.07) is 18.3. The predicted octanol–water partition coefficient (Wildman–Crippen LogP) is 4.46. The molecule has 1 amide bonds. The number of aromatic hydroxyl groups is 1. The molecule has 0 spiro atoms. The number of hydrogen-bond donors (Lipinski definition) is 3. The van der Waals surface area contributed by atoms with Gasteiger partial charge in [0, 0.05) is 41.2 Å². The molecule has 1 aromatic heterocycles. The minimum Gasteiger partial charge on any atom is -0.507 e. The molecular weight excluding hydrogens is 420 g/mol. The number of phenolic OH excluding ortho intramolecular Hbond substituents is 1. The molecule has 0 aliphatic heterocycles. The van der Waals surface area contributed by atoms with Crippen LogP contribution in [0.2, 0.25) is 0 Å². The van der Waals surface area contributed by atoms with Crippen LogP contribution in [0, 0.1) is 0 Å². The topological polar surface area (TPSA) is 92.8 Å². The summed E-state index contributed by atoms with van der Waals surface area (Å²) in [6.45, 7) is 0.273. The number of fused-ring (bicyclic) bond motifs is 1. The molecule has 0 saturated heterocycles. The zero-order chi connectivity index (χ0) is 23.4. The van der Waals surface area contributed by atoms with E-state index in [1.54, 1.807) is 20.3 Å². The Morgan fingerprint density at radius 1 is 0.970 bits per heavy atom. The van der Waals surface area contributed by atoms with Gasteiger partial charge < -0.3 is 29.6 Å². The van der Waals surface area contributed by atoms with Gasteiger partial charge in [0.1, 0.15) is 11.5 Å². The smallest absolute Gasteiger partial charge is 0.255 e. The van der Waals surface area contributed by atoms with Crippen molar-refractivity contribution in [3.63, 3.8) is 0 Å². The van der Waals surface area contributed by atoms with E-state index in [0.29, 0.717) is 17.2 Å². The van der Waals surface area contributed by atoms with E-state index in [9.17, 15) is 9.90 Å². The van der Waals surface area contributed by atoms with Crippen molar-refractivity contribution in [1.82, 2.24) is 10.3 Å². The number of para-hydroxylation sites is 2. The number of H-pyrrole nitrogens is 1. The number of phenols is 1. The summed E-state index contributed by atoms with van der Waals surface area (Å²) >= 11 is 0. The molecule has 1 atom stereocenters. The lowest BCUT2D eigenvalue weighted by molar-refractivity contribution is 0.0949. The molecule has 7 heteroatoms. The van der Waals surface area contributed by atoms with Crippen molar-refractivity contribution < 1.29 is 24.1 Å². The van der Waals surface area contributed by atoms with Crippen LogP contribution in [0.5, 0.6) is 23.0 Å². The number of hydrogen-bond acceptors (Lipinski definition) is 5. The van der Waals surface area contributed by atoms with Crippen LogP contribution < -0.4 is 19.5 Å². The second-order valence-corrected chi connectivity index (χ2v) is 7.52. The lowest BCUT2D eigenvalue weighted by atomic mass is 9.89. The molecule has 1 unspecified atom stereocenters. The molecule has 3 N–H and O–H groups in total. The van der Waals surface area contributed by atoms with Crippen molar-refractivity contribution in [2.45, 2.75) is 5.92 Å². The number of nitrogens with one attached hydrogen (secondary N) is 2. The Labute approximate surface area is 191 Å². The highest BCUT2D eigenvalue weighted by molar-refractivity contribution is 5.97. The minimum atomic E-state index is -0.387. The highest BCUT2D eigenvalue weighted by atomic mass is 16.5. The molecule has 0 radical (unpaired) electrons.